The van der Waals surface area contributed by atoms with Crippen LogP contribution in [0.2, 0.25) is 0 Å². The van der Waals surface area contributed by atoms with Crippen LogP contribution < -0.4 is 0 Å². The van der Waals surface area contributed by atoms with Gasteiger partial charge in [0, 0.05) is 36.4 Å². The molecule has 3 aromatic carbocycles. The van der Waals surface area contributed by atoms with Gasteiger partial charge in [0.25, 0.3) is 17.1 Å². The number of hydrogen-bond donors (Lipinski definition) is 0. The predicted molar refractivity (Wildman–Crippen MR) is 136 cm³/mol. The molecule has 0 aliphatic carbocycles. The van der Waals surface area contributed by atoms with Crippen molar-refractivity contribution in [3.8, 4) is 0 Å². The second kappa shape index (κ2) is 13.5. The molecule has 0 N–H and O–H groups in total. The topological polar surface area (TPSA) is 174 Å². The summed E-state index contributed by atoms with van der Waals surface area (Å²) in [7, 11) is -4.03. The maximum Gasteiger partial charge on any atom is 0.474 e. The van der Waals surface area contributed by atoms with E-state index >= 15 is 0 Å². The number of nitro groups is 3. The lowest BCUT2D eigenvalue weighted by Gasteiger charge is -2.18. The highest BCUT2D eigenvalue weighted by atomic mass is 31.2. The molecule has 14 heteroatoms. The molecule has 0 aliphatic heterocycles. The summed E-state index contributed by atoms with van der Waals surface area (Å²) >= 11 is 0. The first-order chi connectivity index (χ1) is 18.1. The number of benzene rings is 3. The van der Waals surface area contributed by atoms with E-state index in [1.165, 1.54) is 36.4 Å². The van der Waals surface area contributed by atoms with Gasteiger partial charge in [0.15, 0.2) is 0 Å². The Bertz CT molecular complexity index is 1140. The molecular weight excluding hydrogens is 521 g/mol. The van der Waals surface area contributed by atoms with E-state index in [4.69, 9.17) is 13.6 Å². The number of phosphoric ester groups is 1. The Labute approximate surface area is 217 Å². The summed E-state index contributed by atoms with van der Waals surface area (Å²) in [4.78, 5) is 30.9. The molecule has 13 nitrogen and oxygen atoms in total. The van der Waals surface area contributed by atoms with Crippen molar-refractivity contribution in [2.45, 2.75) is 19.3 Å². The highest BCUT2D eigenvalue weighted by molar-refractivity contribution is 7.48. The summed E-state index contributed by atoms with van der Waals surface area (Å²) < 4.78 is 29.7. The van der Waals surface area contributed by atoms with Crippen molar-refractivity contribution in [2.75, 3.05) is 19.8 Å². The minimum absolute atomic E-state index is 0.0514. The first-order valence-corrected chi connectivity index (χ1v) is 12.8. The molecule has 0 aromatic heterocycles. The minimum atomic E-state index is -4.03. The number of hydrogen-bond acceptors (Lipinski definition) is 10. The van der Waals surface area contributed by atoms with Gasteiger partial charge in [-0.15, -0.1) is 0 Å². The fourth-order valence-corrected chi connectivity index (χ4v) is 4.46. The summed E-state index contributed by atoms with van der Waals surface area (Å²) in [5.41, 5.74) is 2.01. The molecule has 38 heavy (non-hydrogen) atoms. The van der Waals surface area contributed by atoms with Crippen molar-refractivity contribution in [1.82, 2.24) is 0 Å². The van der Waals surface area contributed by atoms with E-state index in [0.717, 1.165) is 16.7 Å². The molecule has 0 bridgehead atoms. The molecule has 0 unspecified atom stereocenters. The lowest BCUT2D eigenvalue weighted by atomic mass is 10.1. The Morgan fingerprint density at radius 2 is 0.737 bits per heavy atom. The molecule has 0 atom stereocenters. The smallest absolute Gasteiger partial charge is 0.287 e. The second-order valence-electron chi connectivity index (χ2n) is 7.97. The van der Waals surface area contributed by atoms with Crippen LogP contribution in [0, 0.1) is 30.3 Å². The third kappa shape index (κ3) is 8.82. The van der Waals surface area contributed by atoms with Crippen molar-refractivity contribution < 1.29 is 32.9 Å². The largest absolute Gasteiger partial charge is 0.474 e. The van der Waals surface area contributed by atoms with Gasteiger partial charge in [-0.3, -0.25) is 43.9 Å². The fraction of sp³-hybridized carbons (Fsp3) is 0.250. The van der Waals surface area contributed by atoms with Crippen LogP contribution in [0.25, 0.3) is 0 Å². The number of phosphoric acid groups is 1. The molecule has 0 saturated heterocycles. The molecular formula is C24H24N3O10P. The van der Waals surface area contributed by atoms with Crippen LogP contribution in [0.15, 0.2) is 72.8 Å². The Morgan fingerprint density at radius 3 is 0.947 bits per heavy atom. The zero-order chi connectivity index (χ0) is 27.5. The SMILES string of the molecule is O=[N+]([O-])c1ccc(CCOP(=O)(OCCc2ccc([N+](=O)[O-])cc2)OCCc2ccc([N+](=O)[O-])cc2)cc1. The van der Waals surface area contributed by atoms with Crippen LogP contribution in [-0.4, -0.2) is 34.6 Å². The van der Waals surface area contributed by atoms with Crippen LogP contribution in [0.4, 0.5) is 17.1 Å². The van der Waals surface area contributed by atoms with Gasteiger partial charge in [0.1, 0.15) is 0 Å². The van der Waals surface area contributed by atoms with Crippen molar-refractivity contribution in [3.05, 3.63) is 120 Å². The highest BCUT2D eigenvalue weighted by Gasteiger charge is 2.26. The zero-order valence-electron chi connectivity index (χ0n) is 20.0. The van der Waals surface area contributed by atoms with Crippen molar-refractivity contribution >= 4 is 24.9 Å². The van der Waals surface area contributed by atoms with Crippen LogP contribution in [-0.2, 0) is 37.4 Å². The van der Waals surface area contributed by atoms with Crippen LogP contribution >= 0.6 is 7.82 Å². The van der Waals surface area contributed by atoms with Crippen molar-refractivity contribution in [1.29, 1.82) is 0 Å². The summed E-state index contributed by atoms with van der Waals surface area (Å²) in [6.07, 6.45) is 0.873. The Kier molecular flexibility index (Phi) is 10.1. The summed E-state index contributed by atoms with van der Waals surface area (Å²) in [5, 5.41) is 32.4. The standard InChI is InChI=1S/C24H24N3O10P/c28-25(29)22-7-1-19(2-8-22)13-16-35-38(34,36-17-14-20-3-9-23(10-4-20)26(30)31)37-18-15-21-5-11-24(12-6-21)27(32)33/h1-12H,13-18H2. The monoisotopic (exact) mass is 545 g/mol. The number of rotatable bonds is 15. The van der Waals surface area contributed by atoms with E-state index in [1.807, 2.05) is 0 Å². The van der Waals surface area contributed by atoms with Crippen LogP contribution in [0.5, 0.6) is 0 Å². The van der Waals surface area contributed by atoms with Gasteiger partial charge in [-0.1, -0.05) is 36.4 Å². The van der Waals surface area contributed by atoms with E-state index in [2.05, 4.69) is 0 Å². The fourth-order valence-electron chi connectivity index (χ4n) is 3.29. The van der Waals surface area contributed by atoms with Crippen molar-refractivity contribution in [3.63, 3.8) is 0 Å². The zero-order valence-corrected chi connectivity index (χ0v) is 20.9. The molecule has 0 heterocycles. The quantitative estimate of drug-likeness (QED) is 0.133. The maximum absolute atomic E-state index is 13.3. The molecule has 0 saturated carbocycles. The van der Waals surface area contributed by atoms with Gasteiger partial charge >= 0.3 is 7.82 Å². The van der Waals surface area contributed by atoms with Gasteiger partial charge in [0.2, 0.25) is 0 Å². The van der Waals surface area contributed by atoms with E-state index < -0.39 is 22.6 Å². The van der Waals surface area contributed by atoms with E-state index in [1.54, 1.807) is 36.4 Å². The first-order valence-electron chi connectivity index (χ1n) is 11.4. The van der Waals surface area contributed by atoms with Gasteiger partial charge < -0.3 is 0 Å². The normalized spacial score (nSPS) is 11.3. The molecule has 0 spiro atoms. The Hall–Kier alpha value is -4.03. The van der Waals surface area contributed by atoms with Gasteiger partial charge in [0.05, 0.1) is 34.6 Å². The average Bonchev–Trinajstić information content (AvgIpc) is 2.89. The summed E-state index contributed by atoms with van der Waals surface area (Å²) in [6, 6.07) is 17.5. The average molecular weight is 545 g/mol. The molecule has 0 amide bonds. The second-order valence-corrected chi connectivity index (χ2v) is 9.64. The highest BCUT2D eigenvalue weighted by Crippen LogP contribution is 2.49. The van der Waals surface area contributed by atoms with Crippen molar-refractivity contribution in [2.24, 2.45) is 0 Å². The van der Waals surface area contributed by atoms with Gasteiger partial charge in [-0.2, -0.15) is 0 Å². The van der Waals surface area contributed by atoms with E-state index in [0.29, 0.717) is 19.3 Å². The summed E-state index contributed by atoms with van der Waals surface area (Å²) in [6.45, 7) is -0.154. The number of nitro benzene ring substituents is 3. The third-order valence-corrected chi connectivity index (χ3v) is 6.86. The first kappa shape index (κ1) is 28.5. The van der Waals surface area contributed by atoms with Gasteiger partial charge in [-0.05, 0) is 36.0 Å². The predicted octanol–water partition coefficient (Wildman–Crippen LogP) is 5.60. The lowest BCUT2D eigenvalue weighted by molar-refractivity contribution is -0.385. The summed E-state index contributed by atoms with van der Waals surface area (Å²) in [5.74, 6) is 0. The van der Waals surface area contributed by atoms with E-state index in [-0.39, 0.29) is 36.9 Å². The molecule has 3 rings (SSSR count). The molecule has 3 aromatic rings. The number of nitrogens with zero attached hydrogens (tertiary/aromatic N) is 3. The minimum Gasteiger partial charge on any atom is -0.287 e. The van der Waals surface area contributed by atoms with Crippen LogP contribution in [0.1, 0.15) is 16.7 Å². The van der Waals surface area contributed by atoms with E-state index in [9.17, 15) is 34.9 Å². The third-order valence-electron chi connectivity index (χ3n) is 5.36. The molecule has 0 fully saturated rings. The maximum atomic E-state index is 13.3. The molecule has 0 radical (unpaired) electrons. The lowest BCUT2D eigenvalue weighted by Crippen LogP contribution is -2.08. The Balaban J connectivity index is 1.58. The van der Waals surface area contributed by atoms with Crippen LogP contribution in [0.3, 0.4) is 0 Å². The Morgan fingerprint density at radius 1 is 0.500 bits per heavy atom. The van der Waals surface area contributed by atoms with Gasteiger partial charge in [-0.25, -0.2) is 4.57 Å². The number of non-ortho nitro benzene ring substituents is 3. The molecule has 200 valence electrons. The molecule has 0 aliphatic rings.